The molecule has 118 valence electrons. The number of hydrogen-bond acceptors (Lipinski definition) is 4. The van der Waals surface area contributed by atoms with E-state index in [2.05, 4.69) is 42.7 Å². The molecule has 0 aliphatic carbocycles. The molecule has 2 aliphatic rings. The van der Waals surface area contributed by atoms with Gasteiger partial charge in [0.2, 0.25) is 0 Å². The van der Waals surface area contributed by atoms with Crippen LogP contribution in [0.2, 0.25) is 0 Å². The lowest BCUT2D eigenvalue weighted by molar-refractivity contribution is -0.122. The average molecular weight is 342 g/mol. The van der Waals surface area contributed by atoms with Crippen molar-refractivity contribution >= 4 is 46.0 Å². The fourth-order valence-corrected chi connectivity index (χ4v) is 4.23. The van der Waals surface area contributed by atoms with Crippen molar-refractivity contribution in [2.24, 2.45) is 0 Å². The Labute approximate surface area is 146 Å². The zero-order chi connectivity index (χ0) is 16.6. The minimum absolute atomic E-state index is 0.00762. The van der Waals surface area contributed by atoms with Crippen LogP contribution in [0, 0.1) is 6.92 Å². The van der Waals surface area contributed by atoms with E-state index >= 15 is 0 Å². The Morgan fingerprint density at radius 1 is 1.30 bits per heavy atom. The van der Waals surface area contributed by atoms with Gasteiger partial charge in [-0.25, -0.2) is 0 Å². The van der Waals surface area contributed by atoms with Crippen molar-refractivity contribution in [3.05, 3.63) is 58.7 Å². The topological polar surface area (TPSA) is 23.6 Å². The third-order valence-electron chi connectivity index (χ3n) is 3.90. The molecule has 2 heterocycles. The normalized spacial score (nSPS) is 20.3. The molecular weight excluding hydrogens is 324 g/mol. The summed E-state index contributed by atoms with van der Waals surface area (Å²) >= 11 is 6.71. The Hall–Kier alpha value is -1.85. The van der Waals surface area contributed by atoms with Gasteiger partial charge in [0.15, 0.2) is 0 Å². The molecule has 23 heavy (non-hydrogen) atoms. The largest absolute Gasteiger partial charge is 0.336 e. The molecule has 1 saturated heterocycles. The number of carbonyl (C=O) groups is 1. The van der Waals surface area contributed by atoms with Crippen molar-refractivity contribution in [1.82, 2.24) is 4.90 Å². The van der Waals surface area contributed by atoms with Gasteiger partial charge in [0.25, 0.3) is 5.91 Å². The van der Waals surface area contributed by atoms with E-state index in [0.29, 0.717) is 22.3 Å². The minimum atomic E-state index is -0.00762. The molecule has 1 amide bonds. The number of amides is 1. The molecule has 0 saturated carbocycles. The summed E-state index contributed by atoms with van der Waals surface area (Å²) in [4.78, 5) is 17.1. The molecule has 3 rings (SSSR count). The van der Waals surface area contributed by atoms with E-state index in [1.807, 2.05) is 19.1 Å². The SMILES string of the molecule is C=CCN1C(=C2SC(=S)N(CC)C2=O)C=Cc2cc(C)ccc21. The van der Waals surface area contributed by atoms with Gasteiger partial charge in [-0.3, -0.25) is 9.69 Å². The smallest absolute Gasteiger partial charge is 0.268 e. The average Bonchev–Trinajstić information content (AvgIpc) is 2.81. The van der Waals surface area contributed by atoms with Crippen LogP contribution < -0.4 is 4.90 Å². The van der Waals surface area contributed by atoms with Gasteiger partial charge in [-0.15, -0.1) is 6.58 Å². The second kappa shape index (κ2) is 6.34. The maximum absolute atomic E-state index is 12.6. The number of thiocarbonyl (C=S) groups is 1. The summed E-state index contributed by atoms with van der Waals surface area (Å²) in [7, 11) is 0. The first kappa shape index (κ1) is 16.0. The Balaban J connectivity index is 2.12. The first-order chi connectivity index (χ1) is 11.1. The van der Waals surface area contributed by atoms with E-state index in [1.165, 1.54) is 17.3 Å². The van der Waals surface area contributed by atoms with Crippen LogP contribution in [-0.2, 0) is 4.79 Å². The van der Waals surface area contributed by atoms with Crippen LogP contribution in [0.4, 0.5) is 5.69 Å². The molecular formula is C18H18N2OS2. The van der Waals surface area contributed by atoms with Crippen molar-refractivity contribution < 1.29 is 4.79 Å². The van der Waals surface area contributed by atoms with Crippen molar-refractivity contribution in [3.63, 3.8) is 0 Å². The highest BCUT2D eigenvalue weighted by atomic mass is 32.2. The van der Waals surface area contributed by atoms with Gasteiger partial charge in [0.1, 0.15) is 9.23 Å². The molecule has 0 atom stereocenters. The molecule has 3 nitrogen and oxygen atoms in total. The first-order valence-electron chi connectivity index (χ1n) is 7.52. The molecule has 0 unspecified atom stereocenters. The molecule has 5 heteroatoms. The zero-order valence-electron chi connectivity index (χ0n) is 13.2. The number of benzene rings is 1. The highest BCUT2D eigenvalue weighted by Gasteiger charge is 2.35. The van der Waals surface area contributed by atoms with Crippen LogP contribution in [0.1, 0.15) is 18.1 Å². The van der Waals surface area contributed by atoms with Crippen LogP contribution in [0.25, 0.3) is 6.08 Å². The molecule has 0 N–H and O–H groups in total. The number of rotatable bonds is 3. The molecule has 0 aromatic heterocycles. The van der Waals surface area contributed by atoms with Gasteiger partial charge in [-0.1, -0.05) is 47.8 Å². The molecule has 2 aliphatic heterocycles. The first-order valence-corrected chi connectivity index (χ1v) is 8.74. The van der Waals surface area contributed by atoms with Crippen LogP contribution in [-0.4, -0.2) is 28.2 Å². The molecule has 1 fully saturated rings. The van der Waals surface area contributed by atoms with Crippen molar-refractivity contribution in [2.45, 2.75) is 13.8 Å². The zero-order valence-corrected chi connectivity index (χ0v) is 14.8. The third-order valence-corrected chi connectivity index (χ3v) is 5.35. The van der Waals surface area contributed by atoms with E-state index in [1.54, 1.807) is 4.90 Å². The van der Waals surface area contributed by atoms with Crippen molar-refractivity contribution in [3.8, 4) is 0 Å². The van der Waals surface area contributed by atoms with Gasteiger partial charge < -0.3 is 4.90 Å². The molecule has 1 aromatic rings. The van der Waals surface area contributed by atoms with Crippen LogP contribution >= 0.6 is 24.0 Å². The Bertz CT molecular complexity index is 764. The Kier molecular flexibility index (Phi) is 4.41. The van der Waals surface area contributed by atoms with Gasteiger partial charge in [-0.2, -0.15) is 0 Å². The highest BCUT2D eigenvalue weighted by molar-refractivity contribution is 8.26. The van der Waals surface area contributed by atoms with E-state index in [-0.39, 0.29) is 5.91 Å². The van der Waals surface area contributed by atoms with Crippen LogP contribution in [0.15, 0.2) is 47.5 Å². The van der Waals surface area contributed by atoms with E-state index < -0.39 is 0 Å². The van der Waals surface area contributed by atoms with Gasteiger partial charge in [-0.05, 0) is 37.6 Å². The molecule has 0 spiro atoms. The van der Waals surface area contributed by atoms with Crippen molar-refractivity contribution in [2.75, 3.05) is 18.0 Å². The lowest BCUT2D eigenvalue weighted by atomic mass is 10.0. The maximum Gasteiger partial charge on any atom is 0.268 e. The molecule has 0 bridgehead atoms. The fraction of sp³-hybridized carbons (Fsp3) is 0.222. The second-order valence-corrected chi connectivity index (χ2v) is 7.07. The van der Waals surface area contributed by atoms with Crippen LogP contribution in [0.5, 0.6) is 0 Å². The predicted octanol–water partition coefficient (Wildman–Crippen LogP) is 4.11. The number of likely N-dealkylation sites (N-methyl/N-ethyl adjacent to an activating group) is 1. The Morgan fingerprint density at radius 3 is 2.74 bits per heavy atom. The van der Waals surface area contributed by atoms with Gasteiger partial charge in [0, 0.05) is 18.8 Å². The number of anilines is 1. The number of allylic oxidation sites excluding steroid dienone is 1. The second-order valence-electron chi connectivity index (χ2n) is 5.43. The number of fused-ring (bicyclic) bond motifs is 1. The quantitative estimate of drug-likeness (QED) is 0.469. The summed E-state index contributed by atoms with van der Waals surface area (Å²) in [5.41, 5.74) is 4.36. The molecule has 0 radical (unpaired) electrons. The minimum Gasteiger partial charge on any atom is -0.336 e. The van der Waals surface area contributed by atoms with Crippen molar-refractivity contribution in [1.29, 1.82) is 0 Å². The summed E-state index contributed by atoms with van der Waals surface area (Å²) in [6.45, 7) is 9.12. The molecule has 1 aromatic carbocycles. The highest BCUT2D eigenvalue weighted by Crippen LogP contribution is 2.39. The Morgan fingerprint density at radius 2 is 2.09 bits per heavy atom. The van der Waals surface area contributed by atoms with Gasteiger partial charge in [0.05, 0.1) is 5.70 Å². The van der Waals surface area contributed by atoms with Gasteiger partial charge >= 0.3 is 0 Å². The lowest BCUT2D eigenvalue weighted by Crippen LogP contribution is -2.30. The maximum atomic E-state index is 12.6. The number of thioether (sulfide) groups is 1. The number of carbonyl (C=O) groups excluding carboxylic acids is 1. The summed E-state index contributed by atoms with van der Waals surface area (Å²) < 4.78 is 0.627. The number of aryl methyl sites for hydroxylation is 1. The summed E-state index contributed by atoms with van der Waals surface area (Å²) in [6, 6.07) is 6.33. The standard InChI is InChI=1S/C18H18N2OS2/c1-4-10-20-14-8-6-12(3)11-13(14)7-9-15(20)16-17(21)19(5-2)18(22)23-16/h4,6-9,11H,1,5,10H2,2-3H3. The van der Waals surface area contributed by atoms with E-state index in [0.717, 1.165) is 16.9 Å². The van der Waals surface area contributed by atoms with E-state index in [9.17, 15) is 4.79 Å². The lowest BCUT2D eigenvalue weighted by Gasteiger charge is -2.30. The summed E-state index contributed by atoms with van der Waals surface area (Å²) in [6.07, 6.45) is 5.92. The predicted molar refractivity (Wildman–Crippen MR) is 102 cm³/mol. The third kappa shape index (κ3) is 2.75. The van der Waals surface area contributed by atoms with Crippen LogP contribution in [0.3, 0.4) is 0 Å². The number of nitrogens with zero attached hydrogens (tertiary/aromatic N) is 2. The summed E-state index contributed by atoms with van der Waals surface area (Å²) in [5, 5.41) is 0. The van der Waals surface area contributed by atoms with E-state index in [4.69, 9.17) is 12.2 Å². The monoisotopic (exact) mass is 342 g/mol. The number of hydrogen-bond donors (Lipinski definition) is 0. The fourth-order valence-electron chi connectivity index (χ4n) is 2.79. The summed E-state index contributed by atoms with van der Waals surface area (Å²) in [5.74, 6) is -0.00762.